The molecule has 12 heavy (non-hydrogen) atoms. The molecule has 0 heterocycles. The minimum atomic E-state index is -1.67. The zero-order chi connectivity index (χ0) is 9.14. The van der Waals surface area contributed by atoms with Gasteiger partial charge in [0.15, 0.2) is 0 Å². The van der Waals surface area contributed by atoms with Crippen LogP contribution < -0.4 is 0 Å². The maximum Gasteiger partial charge on any atom is 0.331 e. The molecule has 0 spiro atoms. The average Bonchev–Trinajstić information content (AvgIpc) is 2.04. The van der Waals surface area contributed by atoms with Gasteiger partial charge >= 0.3 is 5.97 Å². The largest absolute Gasteiger partial charge is 0.478 e. The van der Waals surface area contributed by atoms with Crippen molar-refractivity contribution in [3.63, 3.8) is 0 Å². The van der Waals surface area contributed by atoms with E-state index >= 15 is 0 Å². The summed E-state index contributed by atoms with van der Waals surface area (Å²) in [5.41, 5.74) is 0.292. The van der Waals surface area contributed by atoms with Gasteiger partial charge in [0, 0.05) is 5.57 Å². The van der Waals surface area contributed by atoms with E-state index in [1.807, 2.05) is 0 Å². The van der Waals surface area contributed by atoms with E-state index in [0.717, 1.165) is 0 Å². The molecule has 1 N–H and O–H groups in total. The number of rotatable bonds is 1. The SMILES string of the molecule is O=C(O)C1=CCC(=C(F)F)CC1. The fourth-order valence-corrected chi connectivity index (χ4v) is 1.10. The summed E-state index contributed by atoms with van der Waals surface area (Å²) >= 11 is 0. The Morgan fingerprint density at radius 3 is 2.42 bits per heavy atom. The number of carbonyl (C=O) groups is 1. The molecular formula is C8H8F2O2. The second-order valence-corrected chi connectivity index (χ2v) is 2.60. The van der Waals surface area contributed by atoms with Crippen molar-refractivity contribution < 1.29 is 18.7 Å². The Balaban J connectivity index is 2.72. The number of allylic oxidation sites excluding steroid dienone is 2. The lowest BCUT2D eigenvalue weighted by Crippen LogP contribution is -2.05. The predicted octanol–water partition coefficient (Wildman–Crippen LogP) is 2.33. The van der Waals surface area contributed by atoms with E-state index in [1.54, 1.807) is 0 Å². The normalized spacial score (nSPS) is 17.2. The molecule has 0 bridgehead atoms. The monoisotopic (exact) mass is 174 g/mol. The fourth-order valence-electron chi connectivity index (χ4n) is 1.10. The van der Waals surface area contributed by atoms with Gasteiger partial charge < -0.3 is 5.11 Å². The van der Waals surface area contributed by atoms with E-state index in [1.165, 1.54) is 6.08 Å². The maximum atomic E-state index is 12.0. The van der Waals surface area contributed by atoms with Crippen LogP contribution in [0.3, 0.4) is 0 Å². The molecule has 0 amide bonds. The Labute approximate surface area is 68.2 Å². The molecule has 0 fully saturated rings. The van der Waals surface area contributed by atoms with Gasteiger partial charge in [0.1, 0.15) is 0 Å². The molecule has 1 rings (SSSR count). The highest BCUT2D eigenvalue weighted by Gasteiger charge is 2.16. The molecular weight excluding hydrogens is 166 g/mol. The van der Waals surface area contributed by atoms with Gasteiger partial charge in [0.05, 0.1) is 0 Å². The first-order chi connectivity index (χ1) is 5.61. The average molecular weight is 174 g/mol. The van der Waals surface area contributed by atoms with Crippen LogP contribution in [0.5, 0.6) is 0 Å². The lowest BCUT2D eigenvalue weighted by molar-refractivity contribution is -0.132. The van der Waals surface area contributed by atoms with Crippen LogP contribution in [0.1, 0.15) is 19.3 Å². The Morgan fingerprint density at radius 1 is 1.42 bits per heavy atom. The predicted molar refractivity (Wildman–Crippen MR) is 38.8 cm³/mol. The summed E-state index contributed by atoms with van der Waals surface area (Å²) in [6, 6.07) is 0. The summed E-state index contributed by atoms with van der Waals surface area (Å²) in [6.45, 7) is 0. The van der Waals surface area contributed by atoms with Gasteiger partial charge in [-0.1, -0.05) is 6.08 Å². The first-order valence-corrected chi connectivity index (χ1v) is 3.56. The number of carboxylic acid groups (broad SMARTS) is 1. The fraction of sp³-hybridized carbons (Fsp3) is 0.375. The first-order valence-electron chi connectivity index (χ1n) is 3.56. The van der Waals surface area contributed by atoms with Crippen molar-refractivity contribution in [1.82, 2.24) is 0 Å². The second-order valence-electron chi connectivity index (χ2n) is 2.60. The molecule has 0 aromatic rings. The lowest BCUT2D eigenvalue weighted by atomic mass is 9.96. The molecule has 0 saturated carbocycles. The van der Waals surface area contributed by atoms with Crippen molar-refractivity contribution >= 4 is 5.97 Å². The molecule has 2 nitrogen and oxygen atoms in total. The summed E-state index contributed by atoms with van der Waals surface area (Å²) in [5.74, 6) is -1.01. The van der Waals surface area contributed by atoms with Crippen molar-refractivity contribution in [2.24, 2.45) is 0 Å². The molecule has 0 saturated heterocycles. The highest BCUT2D eigenvalue weighted by Crippen LogP contribution is 2.26. The third-order valence-corrected chi connectivity index (χ3v) is 1.83. The molecule has 1 aliphatic carbocycles. The van der Waals surface area contributed by atoms with Gasteiger partial charge in [-0.15, -0.1) is 0 Å². The zero-order valence-electron chi connectivity index (χ0n) is 6.31. The lowest BCUT2D eigenvalue weighted by Gasteiger charge is -2.10. The molecule has 0 atom stereocenters. The summed E-state index contributed by atoms with van der Waals surface area (Å²) in [4.78, 5) is 10.4. The van der Waals surface area contributed by atoms with Crippen LogP contribution in [0.25, 0.3) is 0 Å². The smallest absolute Gasteiger partial charge is 0.331 e. The minimum Gasteiger partial charge on any atom is -0.478 e. The van der Waals surface area contributed by atoms with Crippen LogP contribution >= 0.6 is 0 Å². The van der Waals surface area contributed by atoms with E-state index in [2.05, 4.69) is 0 Å². The number of carboxylic acids is 1. The van der Waals surface area contributed by atoms with Crippen LogP contribution in [-0.2, 0) is 4.79 Å². The molecule has 66 valence electrons. The van der Waals surface area contributed by atoms with E-state index < -0.39 is 12.0 Å². The van der Waals surface area contributed by atoms with E-state index in [4.69, 9.17) is 5.11 Å². The third-order valence-electron chi connectivity index (χ3n) is 1.83. The standard InChI is InChI=1S/C8H8F2O2/c9-7(10)5-1-3-6(4-2-5)8(11)12/h3H,1-2,4H2,(H,11,12). The number of hydrogen-bond donors (Lipinski definition) is 1. The Kier molecular flexibility index (Phi) is 2.58. The van der Waals surface area contributed by atoms with Crippen molar-refractivity contribution in [2.75, 3.05) is 0 Å². The summed E-state index contributed by atoms with van der Waals surface area (Å²) in [5, 5.41) is 8.49. The molecule has 0 aromatic carbocycles. The summed E-state index contributed by atoms with van der Waals surface area (Å²) in [7, 11) is 0. The Morgan fingerprint density at radius 2 is 2.08 bits per heavy atom. The van der Waals surface area contributed by atoms with Gasteiger partial charge in [-0.2, -0.15) is 8.78 Å². The first kappa shape index (κ1) is 8.90. The highest BCUT2D eigenvalue weighted by molar-refractivity contribution is 5.86. The van der Waals surface area contributed by atoms with Gasteiger partial charge in [-0.05, 0) is 24.8 Å². The number of aliphatic carboxylic acids is 1. The van der Waals surface area contributed by atoms with E-state index in [9.17, 15) is 13.6 Å². The number of hydrogen-bond acceptors (Lipinski definition) is 1. The van der Waals surface area contributed by atoms with Crippen LogP contribution in [0, 0.1) is 0 Å². The second kappa shape index (κ2) is 3.47. The van der Waals surface area contributed by atoms with Crippen molar-refractivity contribution in [1.29, 1.82) is 0 Å². The molecule has 4 heteroatoms. The minimum absolute atomic E-state index is 0.0556. The van der Waals surface area contributed by atoms with Crippen molar-refractivity contribution in [3.05, 3.63) is 23.3 Å². The third kappa shape index (κ3) is 1.90. The zero-order valence-corrected chi connectivity index (χ0v) is 6.31. The van der Waals surface area contributed by atoms with E-state index in [-0.39, 0.29) is 30.4 Å². The molecule has 0 radical (unpaired) electrons. The van der Waals surface area contributed by atoms with Gasteiger partial charge in [-0.3, -0.25) is 0 Å². The highest BCUT2D eigenvalue weighted by atomic mass is 19.3. The topological polar surface area (TPSA) is 37.3 Å². The molecule has 1 aliphatic rings. The van der Waals surface area contributed by atoms with Crippen LogP contribution in [0.2, 0.25) is 0 Å². The van der Waals surface area contributed by atoms with Gasteiger partial charge in [-0.25, -0.2) is 4.79 Å². The summed E-state index contributed by atoms with van der Waals surface area (Å²) < 4.78 is 23.9. The van der Waals surface area contributed by atoms with Crippen LogP contribution in [0.15, 0.2) is 23.3 Å². The Bertz CT molecular complexity index is 262. The van der Waals surface area contributed by atoms with Crippen molar-refractivity contribution in [3.8, 4) is 0 Å². The maximum absolute atomic E-state index is 12.0. The Hall–Kier alpha value is -1.19. The van der Waals surface area contributed by atoms with Gasteiger partial charge in [0.25, 0.3) is 6.08 Å². The van der Waals surface area contributed by atoms with Gasteiger partial charge in [0.2, 0.25) is 0 Å². The summed E-state index contributed by atoms with van der Waals surface area (Å²) in [6.07, 6.45) is 0.128. The van der Waals surface area contributed by atoms with E-state index in [0.29, 0.717) is 0 Å². The van der Waals surface area contributed by atoms with Crippen LogP contribution in [-0.4, -0.2) is 11.1 Å². The molecule has 0 aliphatic heterocycles. The molecule has 0 unspecified atom stereocenters. The van der Waals surface area contributed by atoms with Crippen LogP contribution in [0.4, 0.5) is 8.78 Å². The number of halogens is 2. The molecule has 0 aromatic heterocycles. The quantitative estimate of drug-likeness (QED) is 0.662. The van der Waals surface area contributed by atoms with Crippen molar-refractivity contribution in [2.45, 2.75) is 19.3 Å².